The molecular formula is C11H14N2O3. The van der Waals surface area contributed by atoms with Crippen molar-refractivity contribution in [3.05, 3.63) is 45.5 Å². The zero-order valence-corrected chi connectivity index (χ0v) is 9.05. The fourth-order valence-corrected chi connectivity index (χ4v) is 1.85. The van der Waals surface area contributed by atoms with Crippen LogP contribution in [0.3, 0.4) is 0 Å². The molecule has 1 aromatic carbocycles. The summed E-state index contributed by atoms with van der Waals surface area (Å²) in [7, 11) is 0.889. The Hall–Kier alpha value is -1.91. The molecule has 86 valence electrons. The summed E-state index contributed by atoms with van der Waals surface area (Å²) in [6, 6.07) is 8.03. The van der Waals surface area contributed by atoms with Crippen LogP contribution in [0.15, 0.2) is 24.3 Å². The van der Waals surface area contributed by atoms with Crippen LogP contribution in [0.5, 0.6) is 0 Å². The van der Waals surface area contributed by atoms with Crippen molar-refractivity contribution in [1.29, 1.82) is 0 Å². The van der Waals surface area contributed by atoms with Crippen molar-refractivity contribution < 1.29 is 9.72 Å². The van der Waals surface area contributed by atoms with Gasteiger partial charge in [-0.25, -0.2) is 0 Å². The second kappa shape index (κ2) is 5.25. The van der Waals surface area contributed by atoms with Crippen LogP contribution < -0.4 is 5.73 Å². The number of amides is 1. The van der Waals surface area contributed by atoms with Crippen LogP contribution >= 0.6 is 0 Å². The molecule has 5 heteroatoms. The molecule has 0 spiro atoms. The molecule has 0 aromatic heterocycles. The summed E-state index contributed by atoms with van der Waals surface area (Å²) < 4.78 is 0. The molecule has 16 heavy (non-hydrogen) atoms. The van der Waals surface area contributed by atoms with Gasteiger partial charge in [-0.3, -0.25) is 14.9 Å². The van der Waals surface area contributed by atoms with Crippen LogP contribution in [-0.4, -0.2) is 17.9 Å². The SMILES string of the molecule is C[N+](=O)[O-].NC(=O)C1CCc2ccccc21. The van der Waals surface area contributed by atoms with Gasteiger partial charge in [-0.1, -0.05) is 24.3 Å². The van der Waals surface area contributed by atoms with Gasteiger partial charge in [0.25, 0.3) is 0 Å². The van der Waals surface area contributed by atoms with Crippen molar-refractivity contribution in [2.45, 2.75) is 18.8 Å². The molecule has 1 unspecified atom stereocenters. The number of fused-ring (bicyclic) bond motifs is 1. The fraction of sp³-hybridized carbons (Fsp3) is 0.364. The highest BCUT2D eigenvalue weighted by Gasteiger charge is 2.25. The molecule has 0 heterocycles. The number of carbonyl (C=O) groups is 1. The third-order valence-electron chi connectivity index (χ3n) is 2.48. The van der Waals surface area contributed by atoms with Crippen LogP contribution in [0.25, 0.3) is 0 Å². The van der Waals surface area contributed by atoms with Gasteiger partial charge in [-0.05, 0) is 24.0 Å². The van der Waals surface area contributed by atoms with Gasteiger partial charge in [-0.2, -0.15) is 0 Å². The van der Waals surface area contributed by atoms with Gasteiger partial charge in [-0.15, -0.1) is 0 Å². The Morgan fingerprint density at radius 1 is 1.50 bits per heavy atom. The molecule has 1 amide bonds. The number of carbonyl (C=O) groups excluding carboxylic acids is 1. The number of aryl methyl sites for hydroxylation is 1. The third-order valence-corrected chi connectivity index (χ3v) is 2.48. The van der Waals surface area contributed by atoms with E-state index in [-0.39, 0.29) is 11.8 Å². The van der Waals surface area contributed by atoms with Gasteiger partial charge in [0.2, 0.25) is 5.91 Å². The normalized spacial score (nSPS) is 16.9. The number of benzene rings is 1. The van der Waals surface area contributed by atoms with E-state index in [1.54, 1.807) is 0 Å². The third kappa shape index (κ3) is 3.05. The highest BCUT2D eigenvalue weighted by molar-refractivity contribution is 5.83. The second-order valence-corrected chi connectivity index (χ2v) is 3.63. The van der Waals surface area contributed by atoms with Gasteiger partial charge < -0.3 is 5.73 Å². The molecule has 0 saturated heterocycles. The van der Waals surface area contributed by atoms with E-state index in [4.69, 9.17) is 15.8 Å². The Balaban J connectivity index is 0.000000280. The number of nitro groups is 1. The summed E-state index contributed by atoms with van der Waals surface area (Å²) in [5.74, 6) is -0.235. The largest absolute Gasteiger partial charge is 0.369 e. The van der Waals surface area contributed by atoms with Crippen molar-refractivity contribution in [1.82, 2.24) is 0 Å². The first-order valence-corrected chi connectivity index (χ1v) is 4.97. The Kier molecular flexibility index (Phi) is 3.99. The Labute approximate surface area is 93.4 Å². The van der Waals surface area contributed by atoms with E-state index in [1.165, 1.54) is 5.56 Å². The number of nitrogens with two attached hydrogens (primary N) is 1. The summed E-state index contributed by atoms with van der Waals surface area (Å²) in [4.78, 5) is 19.3. The monoisotopic (exact) mass is 222 g/mol. The molecule has 1 aliphatic carbocycles. The Morgan fingerprint density at radius 2 is 2.06 bits per heavy atom. The van der Waals surface area contributed by atoms with Gasteiger partial charge in [0.05, 0.1) is 5.92 Å². The van der Waals surface area contributed by atoms with Crippen molar-refractivity contribution in [2.75, 3.05) is 7.05 Å². The van der Waals surface area contributed by atoms with E-state index in [2.05, 4.69) is 6.07 Å². The Bertz CT molecular complexity index is 400. The van der Waals surface area contributed by atoms with E-state index >= 15 is 0 Å². The minimum Gasteiger partial charge on any atom is -0.369 e. The molecular weight excluding hydrogens is 208 g/mol. The lowest BCUT2D eigenvalue weighted by atomic mass is 10.0. The molecule has 0 bridgehead atoms. The van der Waals surface area contributed by atoms with Crippen molar-refractivity contribution in [3.63, 3.8) is 0 Å². The fourth-order valence-electron chi connectivity index (χ4n) is 1.85. The highest BCUT2D eigenvalue weighted by atomic mass is 16.6. The lowest BCUT2D eigenvalue weighted by Gasteiger charge is -2.05. The van der Waals surface area contributed by atoms with Crippen LogP contribution in [0.2, 0.25) is 0 Å². The van der Waals surface area contributed by atoms with Gasteiger partial charge >= 0.3 is 0 Å². The summed E-state index contributed by atoms with van der Waals surface area (Å²) in [5, 5.41) is 8.81. The maximum absolute atomic E-state index is 11.0. The summed E-state index contributed by atoms with van der Waals surface area (Å²) in [6.45, 7) is 0. The topological polar surface area (TPSA) is 86.2 Å². The standard InChI is InChI=1S/C10H11NO.CH3NO2/c11-10(12)9-6-5-7-3-1-2-4-8(7)9;1-2(3)4/h1-4,9H,5-6H2,(H2,11,12);1H3. The number of hydrogen-bond acceptors (Lipinski definition) is 3. The molecule has 0 saturated carbocycles. The second-order valence-electron chi connectivity index (χ2n) is 3.63. The number of primary amides is 1. The van der Waals surface area contributed by atoms with Crippen molar-refractivity contribution >= 4 is 5.91 Å². The first-order chi connectivity index (χ1) is 7.52. The number of hydrogen-bond donors (Lipinski definition) is 1. The van der Waals surface area contributed by atoms with Crippen molar-refractivity contribution in [3.8, 4) is 0 Å². The lowest BCUT2D eigenvalue weighted by Crippen LogP contribution is -2.19. The van der Waals surface area contributed by atoms with E-state index in [0.29, 0.717) is 0 Å². The summed E-state index contributed by atoms with van der Waals surface area (Å²) in [5.41, 5.74) is 7.68. The summed E-state index contributed by atoms with van der Waals surface area (Å²) in [6.07, 6.45) is 1.87. The van der Waals surface area contributed by atoms with Gasteiger partial charge in [0, 0.05) is 4.92 Å². The zero-order valence-electron chi connectivity index (χ0n) is 9.05. The molecule has 0 aliphatic heterocycles. The molecule has 1 aromatic rings. The average Bonchev–Trinajstić information content (AvgIpc) is 2.59. The average molecular weight is 222 g/mol. The summed E-state index contributed by atoms with van der Waals surface area (Å²) >= 11 is 0. The van der Waals surface area contributed by atoms with Crippen LogP contribution in [-0.2, 0) is 11.2 Å². The predicted octanol–water partition coefficient (Wildman–Crippen LogP) is 1.09. The molecule has 0 radical (unpaired) electrons. The first kappa shape index (κ1) is 12.2. The van der Waals surface area contributed by atoms with Crippen LogP contribution in [0.4, 0.5) is 0 Å². The maximum atomic E-state index is 11.0. The van der Waals surface area contributed by atoms with Crippen molar-refractivity contribution in [2.24, 2.45) is 5.73 Å². The van der Waals surface area contributed by atoms with Crippen LogP contribution in [0, 0.1) is 10.1 Å². The smallest absolute Gasteiger partial charge is 0.224 e. The van der Waals surface area contributed by atoms with E-state index < -0.39 is 4.92 Å². The predicted molar refractivity (Wildman–Crippen MR) is 59.6 cm³/mol. The highest BCUT2D eigenvalue weighted by Crippen LogP contribution is 2.32. The van der Waals surface area contributed by atoms with Gasteiger partial charge in [0.1, 0.15) is 0 Å². The molecule has 2 rings (SSSR count). The van der Waals surface area contributed by atoms with E-state index in [0.717, 1.165) is 25.5 Å². The Morgan fingerprint density at radius 3 is 2.62 bits per heavy atom. The molecule has 1 atom stereocenters. The number of nitrogens with zero attached hydrogens (tertiary/aromatic N) is 1. The molecule has 1 aliphatic rings. The quantitative estimate of drug-likeness (QED) is 0.570. The maximum Gasteiger partial charge on any atom is 0.224 e. The molecule has 5 nitrogen and oxygen atoms in total. The molecule has 0 fully saturated rings. The first-order valence-electron chi connectivity index (χ1n) is 4.97. The van der Waals surface area contributed by atoms with Crippen LogP contribution in [0.1, 0.15) is 23.5 Å². The minimum atomic E-state index is -0.500. The van der Waals surface area contributed by atoms with Gasteiger partial charge in [0.15, 0.2) is 7.05 Å². The van der Waals surface area contributed by atoms with E-state index in [9.17, 15) is 4.79 Å². The van der Waals surface area contributed by atoms with E-state index in [1.807, 2.05) is 18.2 Å². The molecule has 2 N–H and O–H groups in total. The lowest BCUT2D eigenvalue weighted by molar-refractivity contribution is -0.445. The number of rotatable bonds is 1. The minimum absolute atomic E-state index is 0.0406. The zero-order chi connectivity index (χ0) is 12.1.